The van der Waals surface area contributed by atoms with E-state index in [0.717, 1.165) is 11.8 Å². The first kappa shape index (κ1) is 13.4. The van der Waals surface area contributed by atoms with E-state index in [0.29, 0.717) is 5.41 Å². The summed E-state index contributed by atoms with van der Waals surface area (Å²) in [6.45, 7) is 13.5. The average molecular weight is 238 g/mol. The second kappa shape index (κ2) is 5.71. The molecule has 1 saturated carbocycles. The van der Waals surface area contributed by atoms with E-state index in [2.05, 4.69) is 31.0 Å². The van der Waals surface area contributed by atoms with Crippen molar-refractivity contribution in [3.05, 3.63) is 0 Å². The van der Waals surface area contributed by atoms with Crippen LogP contribution in [-0.4, -0.2) is 37.6 Å². The average Bonchev–Trinajstić information content (AvgIpc) is 2.30. The van der Waals surface area contributed by atoms with E-state index in [1.165, 1.54) is 58.4 Å². The number of piperazine rings is 1. The largest absolute Gasteiger partial charge is 0.314 e. The first-order chi connectivity index (χ1) is 8.05. The Bertz CT molecular complexity index is 218. The van der Waals surface area contributed by atoms with E-state index in [9.17, 15) is 0 Å². The summed E-state index contributed by atoms with van der Waals surface area (Å²) < 4.78 is 0. The molecule has 2 aliphatic rings. The Morgan fingerprint density at radius 3 is 2.12 bits per heavy atom. The minimum Gasteiger partial charge on any atom is -0.314 e. The zero-order chi connectivity index (χ0) is 12.3. The predicted molar refractivity (Wildman–Crippen MR) is 74.2 cm³/mol. The van der Waals surface area contributed by atoms with Crippen molar-refractivity contribution in [1.29, 1.82) is 0 Å². The predicted octanol–water partition coefficient (Wildman–Crippen LogP) is 2.74. The highest BCUT2D eigenvalue weighted by Crippen LogP contribution is 2.39. The molecule has 100 valence electrons. The fraction of sp³-hybridized carbons (Fsp3) is 1.00. The minimum absolute atomic E-state index is 0.528. The van der Waals surface area contributed by atoms with Crippen LogP contribution in [0.15, 0.2) is 0 Å². The van der Waals surface area contributed by atoms with Crippen LogP contribution in [0.1, 0.15) is 46.5 Å². The van der Waals surface area contributed by atoms with Crippen molar-refractivity contribution >= 4 is 0 Å². The second-order valence-electron chi connectivity index (χ2n) is 7.13. The van der Waals surface area contributed by atoms with Gasteiger partial charge in [-0.1, -0.05) is 20.8 Å². The van der Waals surface area contributed by atoms with Gasteiger partial charge in [-0.05, 0) is 42.9 Å². The summed E-state index contributed by atoms with van der Waals surface area (Å²) in [4.78, 5) is 2.67. The molecule has 0 bridgehead atoms. The molecule has 1 aliphatic heterocycles. The van der Waals surface area contributed by atoms with Crippen LogP contribution >= 0.6 is 0 Å². The van der Waals surface area contributed by atoms with Crippen molar-refractivity contribution in [2.45, 2.75) is 46.5 Å². The number of rotatable bonds is 2. The monoisotopic (exact) mass is 238 g/mol. The van der Waals surface area contributed by atoms with E-state index < -0.39 is 0 Å². The Hall–Kier alpha value is -0.0800. The quantitative estimate of drug-likeness (QED) is 0.796. The Morgan fingerprint density at radius 1 is 1.00 bits per heavy atom. The van der Waals surface area contributed by atoms with Gasteiger partial charge in [0.15, 0.2) is 0 Å². The van der Waals surface area contributed by atoms with Gasteiger partial charge < -0.3 is 10.2 Å². The third kappa shape index (κ3) is 3.96. The fourth-order valence-electron chi connectivity index (χ4n) is 3.47. The maximum atomic E-state index is 3.44. The van der Waals surface area contributed by atoms with E-state index in [-0.39, 0.29) is 0 Å². The molecule has 17 heavy (non-hydrogen) atoms. The molecule has 1 aliphatic carbocycles. The van der Waals surface area contributed by atoms with Crippen LogP contribution in [0.4, 0.5) is 0 Å². The molecule has 0 atom stereocenters. The van der Waals surface area contributed by atoms with Crippen LogP contribution < -0.4 is 5.32 Å². The van der Waals surface area contributed by atoms with Crippen molar-refractivity contribution < 1.29 is 0 Å². The Balaban J connectivity index is 1.71. The molecular formula is C15H30N2. The zero-order valence-corrected chi connectivity index (χ0v) is 12.0. The van der Waals surface area contributed by atoms with Crippen molar-refractivity contribution in [2.75, 3.05) is 32.7 Å². The van der Waals surface area contributed by atoms with Gasteiger partial charge in [-0.2, -0.15) is 0 Å². The summed E-state index contributed by atoms with van der Waals surface area (Å²) in [5.41, 5.74) is 0.528. The summed E-state index contributed by atoms with van der Waals surface area (Å²) in [5, 5.41) is 3.44. The van der Waals surface area contributed by atoms with Crippen LogP contribution in [0, 0.1) is 17.3 Å². The normalized spacial score (nSPS) is 32.6. The van der Waals surface area contributed by atoms with E-state index in [1.807, 2.05) is 0 Å². The second-order valence-corrected chi connectivity index (χ2v) is 7.13. The highest BCUT2D eigenvalue weighted by Gasteiger charge is 2.30. The zero-order valence-electron chi connectivity index (χ0n) is 12.0. The van der Waals surface area contributed by atoms with Gasteiger partial charge in [-0.15, -0.1) is 0 Å². The first-order valence-corrected chi connectivity index (χ1v) is 7.49. The van der Waals surface area contributed by atoms with Crippen LogP contribution in [0.25, 0.3) is 0 Å². The topological polar surface area (TPSA) is 15.3 Å². The molecule has 0 spiro atoms. The Kier molecular flexibility index (Phi) is 4.48. The SMILES string of the molecule is CC(C)(C)C1CCC(CN2CCNCC2)CC1. The number of nitrogens with zero attached hydrogens (tertiary/aromatic N) is 1. The summed E-state index contributed by atoms with van der Waals surface area (Å²) >= 11 is 0. The molecule has 2 fully saturated rings. The third-order valence-electron chi connectivity index (χ3n) is 4.80. The molecule has 2 heteroatoms. The fourth-order valence-corrected chi connectivity index (χ4v) is 3.47. The van der Waals surface area contributed by atoms with E-state index >= 15 is 0 Å². The van der Waals surface area contributed by atoms with Crippen LogP contribution in [0.5, 0.6) is 0 Å². The van der Waals surface area contributed by atoms with E-state index in [4.69, 9.17) is 0 Å². The standard InChI is InChI=1S/C15H30N2/c1-15(2,3)14-6-4-13(5-7-14)12-17-10-8-16-9-11-17/h13-14,16H,4-12H2,1-3H3. The molecule has 2 rings (SSSR count). The van der Waals surface area contributed by atoms with Gasteiger partial charge >= 0.3 is 0 Å². The number of hydrogen-bond acceptors (Lipinski definition) is 2. The summed E-state index contributed by atoms with van der Waals surface area (Å²) in [7, 11) is 0. The van der Waals surface area contributed by atoms with Gasteiger partial charge in [0.2, 0.25) is 0 Å². The molecule has 1 N–H and O–H groups in total. The van der Waals surface area contributed by atoms with Crippen molar-refractivity contribution in [2.24, 2.45) is 17.3 Å². The van der Waals surface area contributed by atoms with Crippen LogP contribution in [-0.2, 0) is 0 Å². The van der Waals surface area contributed by atoms with Gasteiger partial charge in [-0.3, -0.25) is 0 Å². The molecule has 0 aromatic carbocycles. The lowest BCUT2D eigenvalue weighted by atomic mass is 9.70. The van der Waals surface area contributed by atoms with Crippen LogP contribution in [0.2, 0.25) is 0 Å². The van der Waals surface area contributed by atoms with Crippen LogP contribution in [0.3, 0.4) is 0 Å². The molecule has 1 saturated heterocycles. The lowest BCUT2D eigenvalue weighted by Gasteiger charge is -2.39. The first-order valence-electron chi connectivity index (χ1n) is 7.49. The van der Waals surface area contributed by atoms with Gasteiger partial charge in [0.1, 0.15) is 0 Å². The number of hydrogen-bond donors (Lipinski definition) is 1. The lowest BCUT2D eigenvalue weighted by molar-refractivity contribution is 0.119. The van der Waals surface area contributed by atoms with Gasteiger partial charge in [0.05, 0.1) is 0 Å². The minimum atomic E-state index is 0.528. The highest BCUT2D eigenvalue weighted by atomic mass is 15.2. The Morgan fingerprint density at radius 2 is 1.59 bits per heavy atom. The third-order valence-corrected chi connectivity index (χ3v) is 4.80. The smallest absolute Gasteiger partial charge is 0.0107 e. The lowest BCUT2D eigenvalue weighted by Crippen LogP contribution is -2.45. The van der Waals surface area contributed by atoms with Crippen molar-refractivity contribution in [3.8, 4) is 0 Å². The van der Waals surface area contributed by atoms with Crippen molar-refractivity contribution in [1.82, 2.24) is 10.2 Å². The summed E-state index contributed by atoms with van der Waals surface area (Å²) in [6.07, 6.45) is 5.85. The summed E-state index contributed by atoms with van der Waals surface area (Å²) in [5.74, 6) is 1.94. The van der Waals surface area contributed by atoms with E-state index in [1.54, 1.807) is 0 Å². The van der Waals surface area contributed by atoms with Crippen molar-refractivity contribution in [3.63, 3.8) is 0 Å². The van der Waals surface area contributed by atoms with Gasteiger partial charge in [-0.25, -0.2) is 0 Å². The summed E-state index contributed by atoms with van der Waals surface area (Å²) in [6, 6.07) is 0. The highest BCUT2D eigenvalue weighted by molar-refractivity contribution is 4.82. The molecule has 1 heterocycles. The van der Waals surface area contributed by atoms with Gasteiger partial charge in [0, 0.05) is 32.7 Å². The molecule has 0 aromatic heterocycles. The maximum absolute atomic E-state index is 3.44. The van der Waals surface area contributed by atoms with Gasteiger partial charge in [0.25, 0.3) is 0 Å². The maximum Gasteiger partial charge on any atom is 0.0107 e. The molecular weight excluding hydrogens is 208 g/mol. The Labute approximate surface area is 107 Å². The number of nitrogens with one attached hydrogen (secondary N) is 1. The molecule has 0 amide bonds. The molecule has 0 aromatic rings. The molecule has 2 nitrogen and oxygen atoms in total. The molecule has 0 radical (unpaired) electrons. The molecule has 0 unspecified atom stereocenters.